The van der Waals surface area contributed by atoms with Gasteiger partial charge in [0.15, 0.2) is 5.16 Å². The number of hydrogen-bond acceptors (Lipinski definition) is 6. The minimum Gasteiger partial charge on any atom is -0.383 e. The highest BCUT2D eigenvalue weighted by Gasteiger charge is 2.08. The van der Waals surface area contributed by atoms with Gasteiger partial charge in [0.2, 0.25) is 5.91 Å². The van der Waals surface area contributed by atoms with E-state index in [0.29, 0.717) is 16.8 Å². The quantitative estimate of drug-likeness (QED) is 0.589. The number of carbonyl (C=O) groups excluding carboxylic acids is 1. The average Bonchev–Trinajstić information content (AvgIpc) is 2.40. The highest BCUT2D eigenvalue weighted by molar-refractivity contribution is 7.99. The van der Waals surface area contributed by atoms with Crippen LogP contribution in [0.2, 0.25) is 0 Å². The molecule has 110 valence electrons. The molecule has 0 fully saturated rings. The number of aryl methyl sites for hydroxylation is 2. The Morgan fingerprint density at radius 1 is 1.19 bits per heavy atom. The number of aromatic nitrogens is 2. The third kappa shape index (κ3) is 4.35. The molecule has 0 aliphatic heterocycles. The van der Waals surface area contributed by atoms with Gasteiger partial charge in [-0.1, -0.05) is 23.9 Å². The van der Waals surface area contributed by atoms with Gasteiger partial charge in [0.1, 0.15) is 11.6 Å². The van der Waals surface area contributed by atoms with E-state index in [1.807, 2.05) is 32.0 Å². The van der Waals surface area contributed by atoms with Gasteiger partial charge in [-0.15, -0.1) is 0 Å². The van der Waals surface area contributed by atoms with E-state index in [1.54, 1.807) is 0 Å². The Bertz CT molecular complexity index is 654. The third-order valence-corrected chi connectivity index (χ3v) is 3.59. The molecule has 0 spiro atoms. The molecule has 21 heavy (non-hydrogen) atoms. The predicted octanol–water partition coefficient (Wildman–Crippen LogP) is 1.99. The van der Waals surface area contributed by atoms with E-state index in [2.05, 4.69) is 15.3 Å². The van der Waals surface area contributed by atoms with Crippen LogP contribution in [0.1, 0.15) is 11.1 Å². The highest BCUT2D eigenvalue weighted by atomic mass is 32.2. The van der Waals surface area contributed by atoms with Crippen LogP contribution in [0.25, 0.3) is 0 Å². The molecule has 1 aromatic carbocycles. The molecule has 0 unspecified atom stereocenters. The van der Waals surface area contributed by atoms with E-state index in [-0.39, 0.29) is 11.7 Å². The molecular formula is C14H17N5OS. The van der Waals surface area contributed by atoms with Gasteiger partial charge < -0.3 is 16.8 Å². The van der Waals surface area contributed by atoms with E-state index in [0.717, 1.165) is 16.8 Å². The summed E-state index contributed by atoms with van der Waals surface area (Å²) >= 11 is 1.19. The zero-order chi connectivity index (χ0) is 15.4. The largest absolute Gasteiger partial charge is 0.383 e. The number of amides is 1. The fourth-order valence-electron chi connectivity index (χ4n) is 1.71. The van der Waals surface area contributed by atoms with Crippen LogP contribution in [-0.4, -0.2) is 21.6 Å². The Hall–Kier alpha value is -2.28. The first-order chi connectivity index (χ1) is 9.94. The van der Waals surface area contributed by atoms with Crippen molar-refractivity contribution in [1.29, 1.82) is 0 Å². The van der Waals surface area contributed by atoms with Crippen molar-refractivity contribution in [2.75, 3.05) is 22.5 Å². The van der Waals surface area contributed by atoms with Crippen LogP contribution >= 0.6 is 11.8 Å². The summed E-state index contributed by atoms with van der Waals surface area (Å²) < 4.78 is 0. The van der Waals surface area contributed by atoms with Gasteiger partial charge >= 0.3 is 0 Å². The second-order valence-electron chi connectivity index (χ2n) is 4.66. The summed E-state index contributed by atoms with van der Waals surface area (Å²) in [5.41, 5.74) is 14.1. The number of nitrogens with zero attached hydrogens (tertiary/aromatic N) is 2. The van der Waals surface area contributed by atoms with Crippen molar-refractivity contribution < 1.29 is 4.79 Å². The van der Waals surface area contributed by atoms with Gasteiger partial charge in [-0.05, 0) is 31.0 Å². The number of nitrogens with one attached hydrogen (secondary N) is 1. The topological polar surface area (TPSA) is 107 Å². The van der Waals surface area contributed by atoms with Crippen molar-refractivity contribution in [2.45, 2.75) is 19.0 Å². The fraction of sp³-hybridized carbons (Fsp3) is 0.214. The molecule has 1 aromatic heterocycles. The smallest absolute Gasteiger partial charge is 0.234 e. The lowest BCUT2D eigenvalue weighted by atomic mass is 10.1. The number of rotatable bonds is 4. The first kappa shape index (κ1) is 15.1. The minimum atomic E-state index is -0.127. The van der Waals surface area contributed by atoms with Crippen LogP contribution in [0.3, 0.4) is 0 Å². The predicted molar refractivity (Wildman–Crippen MR) is 86.1 cm³/mol. The number of hydrogen-bond donors (Lipinski definition) is 3. The van der Waals surface area contributed by atoms with Crippen molar-refractivity contribution in [3.63, 3.8) is 0 Å². The van der Waals surface area contributed by atoms with Gasteiger partial charge in [0, 0.05) is 11.8 Å². The molecule has 2 rings (SSSR count). The summed E-state index contributed by atoms with van der Waals surface area (Å²) in [5, 5.41) is 3.26. The molecule has 0 radical (unpaired) electrons. The lowest BCUT2D eigenvalue weighted by molar-refractivity contribution is -0.113. The number of thioether (sulfide) groups is 1. The summed E-state index contributed by atoms with van der Waals surface area (Å²) in [6.07, 6.45) is 0. The molecule has 0 aliphatic rings. The monoisotopic (exact) mass is 303 g/mol. The first-order valence-corrected chi connectivity index (χ1v) is 7.32. The molecule has 0 saturated carbocycles. The first-order valence-electron chi connectivity index (χ1n) is 6.34. The lowest BCUT2D eigenvalue weighted by Gasteiger charge is -2.09. The Morgan fingerprint density at radius 3 is 2.52 bits per heavy atom. The molecule has 6 nitrogen and oxygen atoms in total. The molecule has 0 saturated heterocycles. The van der Waals surface area contributed by atoms with Gasteiger partial charge in [-0.3, -0.25) is 4.79 Å². The number of nitrogens with two attached hydrogens (primary N) is 2. The lowest BCUT2D eigenvalue weighted by Crippen LogP contribution is -2.15. The SMILES string of the molecule is Cc1ccc(C)c(NC(=O)CSc2nc(N)cc(N)n2)c1. The van der Waals surface area contributed by atoms with Crippen molar-refractivity contribution in [3.05, 3.63) is 35.4 Å². The Morgan fingerprint density at radius 2 is 1.86 bits per heavy atom. The molecule has 0 bridgehead atoms. The third-order valence-electron chi connectivity index (χ3n) is 2.74. The van der Waals surface area contributed by atoms with E-state index in [4.69, 9.17) is 11.5 Å². The van der Waals surface area contributed by atoms with Crippen molar-refractivity contribution >= 4 is 35.0 Å². The molecule has 1 amide bonds. The van der Waals surface area contributed by atoms with Gasteiger partial charge in [-0.25, -0.2) is 9.97 Å². The fourth-order valence-corrected chi connectivity index (χ4v) is 2.39. The summed E-state index contributed by atoms with van der Waals surface area (Å²) in [6.45, 7) is 3.93. The molecule has 0 atom stereocenters. The maximum atomic E-state index is 12.0. The Kier molecular flexibility index (Phi) is 4.64. The van der Waals surface area contributed by atoms with Crippen LogP contribution in [0, 0.1) is 13.8 Å². The van der Waals surface area contributed by atoms with E-state index in [9.17, 15) is 4.79 Å². The van der Waals surface area contributed by atoms with Gasteiger partial charge in [-0.2, -0.15) is 0 Å². The van der Waals surface area contributed by atoms with E-state index >= 15 is 0 Å². The van der Waals surface area contributed by atoms with Crippen LogP contribution in [0.4, 0.5) is 17.3 Å². The number of carbonyl (C=O) groups is 1. The van der Waals surface area contributed by atoms with Crippen molar-refractivity contribution in [2.24, 2.45) is 0 Å². The van der Waals surface area contributed by atoms with Crippen molar-refractivity contribution in [1.82, 2.24) is 9.97 Å². The van der Waals surface area contributed by atoms with Crippen LogP contribution in [0.5, 0.6) is 0 Å². The molecule has 0 aliphatic carbocycles. The normalized spacial score (nSPS) is 10.4. The second kappa shape index (κ2) is 6.45. The molecule has 7 heteroatoms. The highest BCUT2D eigenvalue weighted by Crippen LogP contribution is 2.19. The summed E-state index contributed by atoms with van der Waals surface area (Å²) in [5.74, 6) is 0.647. The van der Waals surface area contributed by atoms with Crippen LogP contribution in [0.15, 0.2) is 29.4 Å². The molecular weight excluding hydrogens is 286 g/mol. The van der Waals surface area contributed by atoms with E-state index in [1.165, 1.54) is 17.8 Å². The number of nitrogen functional groups attached to an aromatic ring is 2. The number of anilines is 3. The molecule has 5 N–H and O–H groups in total. The molecule has 2 aromatic rings. The number of benzene rings is 1. The molecule has 1 heterocycles. The standard InChI is InChI=1S/C14H17N5OS/c1-8-3-4-9(2)10(5-8)17-13(20)7-21-14-18-11(15)6-12(16)19-14/h3-6H,7H2,1-2H3,(H,17,20)(H4,15,16,18,19). The van der Waals surface area contributed by atoms with Crippen LogP contribution < -0.4 is 16.8 Å². The second-order valence-corrected chi connectivity index (χ2v) is 5.60. The maximum absolute atomic E-state index is 12.0. The van der Waals surface area contributed by atoms with Crippen LogP contribution in [-0.2, 0) is 4.79 Å². The maximum Gasteiger partial charge on any atom is 0.234 e. The zero-order valence-electron chi connectivity index (χ0n) is 11.9. The zero-order valence-corrected chi connectivity index (χ0v) is 12.7. The average molecular weight is 303 g/mol. The van der Waals surface area contributed by atoms with Gasteiger partial charge in [0.25, 0.3) is 0 Å². The summed E-state index contributed by atoms with van der Waals surface area (Å²) in [7, 11) is 0. The summed E-state index contributed by atoms with van der Waals surface area (Å²) in [4.78, 5) is 20.0. The Balaban J connectivity index is 1.97. The summed E-state index contributed by atoms with van der Waals surface area (Å²) in [6, 6.07) is 7.38. The minimum absolute atomic E-state index is 0.127. The Labute approximate surface area is 127 Å². The van der Waals surface area contributed by atoms with E-state index < -0.39 is 0 Å². The van der Waals surface area contributed by atoms with Crippen molar-refractivity contribution in [3.8, 4) is 0 Å². The van der Waals surface area contributed by atoms with Gasteiger partial charge in [0.05, 0.1) is 5.75 Å².